The Hall–Kier alpha value is -3.93. The van der Waals surface area contributed by atoms with Gasteiger partial charge in [0.2, 0.25) is 5.95 Å². The summed E-state index contributed by atoms with van der Waals surface area (Å²) in [5.41, 5.74) is 2.12. The molecule has 0 fully saturated rings. The number of aromatic nitrogens is 3. The summed E-state index contributed by atoms with van der Waals surface area (Å²) in [6, 6.07) is 27.1. The first-order chi connectivity index (χ1) is 14.3. The third kappa shape index (κ3) is 5.07. The molecule has 29 heavy (non-hydrogen) atoms. The number of hydrogen-bond donors (Lipinski definition) is 1. The predicted molar refractivity (Wildman–Crippen MR) is 112 cm³/mol. The van der Waals surface area contributed by atoms with Crippen molar-refractivity contribution in [3.63, 3.8) is 0 Å². The second-order valence-corrected chi connectivity index (χ2v) is 6.23. The van der Waals surface area contributed by atoms with Crippen LogP contribution in [-0.4, -0.2) is 15.0 Å². The first-order valence-electron chi connectivity index (χ1n) is 9.36. The maximum atomic E-state index is 5.79. The number of ether oxygens (including phenoxy) is 2. The standard InChI is InChI=1S/C23H20N4O2/c1-2-17-13-15-18(16-14-17)24-21-25-22(28-19-9-5-3-6-10-19)27-23(26-21)29-20-11-7-4-8-12-20/h3-16H,2H2,1H3,(H,24,25,26,27). The Balaban J connectivity index is 1.62. The lowest BCUT2D eigenvalue weighted by atomic mass is 10.1. The van der Waals surface area contributed by atoms with Crippen LogP contribution in [0.25, 0.3) is 0 Å². The third-order valence-electron chi connectivity index (χ3n) is 4.12. The van der Waals surface area contributed by atoms with E-state index in [4.69, 9.17) is 9.47 Å². The fourth-order valence-electron chi connectivity index (χ4n) is 2.63. The van der Waals surface area contributed by atoms with Crippen molar-refractivity contribution in [3.05, 3.63) is 90.5 Å². The van der Waals surface area contributed by atoms with E-state index in [0.29, 0.717) is 17.4 Å². The van der Waals surface area contributed by atoms with Crippen LogP contribution in [0.15, 0.2) is 84.9 Å². The van der Waals surface area contributed by atoms with E-state index >= 15 is 0 Å². The molecule has 0 aliphatic rings. The van der Waals surface area contributed by atoms with Crippen LogP contribution in [0, 0.1) is 0 Å². The van der Waals surface area contributed by atoms with Crippen LogP contribution in [0.4, 0.5) is 11.6 Å². The Morgan fingerprint density at radius 1 is 0.655 bits per heavy atom. The molecule has 1 heterocycles. The lowest BCUT2D eigenvalue weighted by Crippen LogP contribution is -2.03. The third-order valence-corrected chi connectivity index (χ3v) is 4.12. The van der Waals surface area contributed by atoms with Crippen molar-refractivity contribution in [2.24, 2.45) is 0 Å². The first-order valence-corrected chi connectivity index (χ1v) is 9.36. The van der Waals surface area contributed by atoms with Crippen LogP contribution in [0.3, 0.4) is 0 Å². The smallest absolute Gasteiger partial charge is 0.330 e. The van der Waals surface area contributed by atoms with Crippen LogP contribution < -0.4 is 14.8 Å². The summed E-state index contributed by atoms with van der Waals surface area (Å²) < 4.78 is 11.6. The molecule has 0 saturated carbocycles. The Morgan fingerprint density at radius 3 is 1.66 bits per heavy atom. The summed E-state index contributed by atoms with van der Waals surface area (Å²) in [5.74, 6) is 1.59. The number of nitrogens with one attached hydrogen (secondary N) is 1. The zero-order chi connectivity index (χ0) is 19.9. The Kier molecular flexibility index (Phi) is 5.62. The van der Waals surface area contributed by atoms with Crippen molar-refractivity contribution in [2.45, 2.75) is 13.3 Å². The highest BCUT2D eigenvalue weighted by Gasteiger charge is 2.11. The average Bonchev–Trinajstić information content (AvgIpc) is 2.76. The van der Waals surface area contributed by atoms with Gasteiger partial charge in [-0.25, -0.2) is 0 Å². The SMILES string of the molecule is CCc1ccc(Nc2nc(Oc3ccccc3)nc(Oc3ccccc3)n2)cc1. The molecule has 0 spiro atoms. The summed E-state index contributed by atoms with van der Waals surface area (Å²) in [6.07, 6.45) is 0.982. The van der Waals surface area contributed by atoms with Crippen molar-refractivity contribution in [1.82, 2.24) is 15.0 Å². The molecular formula is C23H20N4O2. The molecule has 3 aromatic carbocycles. The van der Waals surface area contributed by atoms with Crippen molar-refractivity contribution in [2.75, 3.05) is 5.32 Å². The molecule has 4 aromatic rings. The highest BCUT2D eigenvalue weighted by Crippen LogP contribution is 2.25. The van der Waals surface area contributed by atoms with E-state index < -0.39 is 0 Å². The lowest BCUT2D eigenvalue weighted by Gasteiger charge is -2.10. The van der Waals surface area contributed by atoms with Crippen LogP contribution in [0.5, 0.6) is 23.5 Å². The Bertz CT molecular complexity index is 995. The van der Waals surface area contributed by atoms with E-state index in [1.807, 2.05) is 72.8 Å². The molecule has 0 saturated heterocycles. The summed E-state index contributed by atoms with van der Waals surface area (Å²) in [5, 5.41) is 3.19. The highest BCUT2D eigenvalue weighted by atomic mass is 16.5. The minimum Gasteiger partial charge on any atom is -0.424 e. The molecule has 0 unspecified atom stereocenters. The van der Waals surface area contributed by atoms with Gasteiger partial charge in [-0.2, -0.15) is 9.97 Å². The van der Waals surface area contributed by atoms with E-state index in [0.717, 1.165) is 12.1 Å². The number of para-hydroxylation sites is 2. The van der Waals surface area contributed by atoms with Gasteiger partial charge in [0.1, 0.15) is 11.5 Å². The number of nitrogens with zero attached hydrogens (tertiary/aromatic N) is 3. The summed E-state index contributed by atoms with van der Waals surface area (Å²) in [4.78, 5) is 13.0. The van der Waals surface area contributed by atoms with Crippen LogP contribution in [-0.2, 0) is 6.42 Å². The van der Waals surface area contributed by atoms with Crippen LogP contribution >= 0.6 is 0 Å². The molecule has 0 bridgehead atoms. The second kappa shape index (κ2) is 8.84. The molecule has 1 aromatic heterocycles. The lowest BCUT2D eigenvalue weighted by molar-refractivity contribution is 0.399. The highest BCUT2D eigenvalue weighted by molar-refractivity contribution is 5.54. The molecule has 4 rings (SSSR count). The number of rotatable bonds is 7. The second-order valence-electron chi connectivity index (χ2n) is 6.23. The molecular weight excluding hydrogens is 364 g/mol. The van der Waals surface area contributed by atoms with Gasteiger partial charge in [-0.3, -0.25) is 0 Å². The van der Waals surface area contributed by atoms with E-state index in [1.165, 1.54) is 5.56 Å². The van der Waals surface area contributed by atoms with Gasteiger partial charge < -0.3 is 14.8 Å². The summed E-state index contributed by atoms with van der Waals surface area (Å²) >= 11 is 0. The van der Waals surface area contributed by atoms with Gasteiger partial charge in [0.15, 0.2) is 0 Å². The fourth-order valence-corrected chi connectivity index (χ4v) is 2.63. The minimum absolute atomic E-state index is 0.143. The molecule has 0 aliphatic carbocycles. The van der Waals surface area contributed by atoms with Gasteiger partial charge in [-0.05, 0) is 48.4 Å². The van der Waals surface area contributed by atoms with E-state index in [-0.39, 0.29) is 12.0 Å². The normalized spacial score (nSPS) is 10.4. The molecule has 0 amide bonds. The summed E-state index contributed by atoms with van der Waals surface area (Å²) in [7, 11) is 0. The van der Waals surface area contributed by atoms with Gasteiger partial charge in [-0.15, -0.1) is 4.98 Å². The van der Waals surface area contributed by atoms with E-state index in [9.17, 15) is 0 Å². The minimum atomic E-state index is 0.143. The van der Waals surface area contributed by atoms with Crippen molar-refractivity contribution < 1.29 is 9.47 Å². The average molecular weight is 384 g/mol. The molecule has 0 atom stereocenters. The van der Waals surface area contributed by atoms with Gasteiger partial charge in [0.05, 0.1) is 0 Å². The van der Waals surface area contributed by atoms with Crippen LogP contribution in [0.2, 0.25) is 0 Å². The molecule has 0 aliphatic heterocycles. The molecule has 0 radical (unpaired) electrons. The molecule has 6 nitrogen and oxygen atoms in total. The maximum Gasteiger partial charge on any atom is 0.330 e. The summed E-state index contributed by atoms with van der Waals surface area (Å²) in [6.45, 7) is 2.12. The van der Waals surface area contributed by atoms with Gasteiger partial charge >= 0.3 is 12.0 Å². The Labute approximate surface area is 169 Å². The van der Waals surface area contributed by atoms with Crippen molar-refractivity contribution in [1.29, 1.82) is 0 Å². The fraction of sp³-hybridized carbons (Fsp3) is 0.0870. The number of hydrogen-bond acceptors (Lipinski definition) is 6. The monoisotopic (exact) mass is 384 g/mol. The van der Waals surface area contributed by atoms with Crippen LogP contribution in [0.1, 0.15) is 12.5 Å². The van der Waals surface area contributed by atoms with Crippen molar-refractivity contribution >= 4 is 11.6 Å². The topological polar surface area (TPSA) is 69.2 Å². The quantitative estimate of drug-likeness (QED) is 0.437. The van der Waals surface area contributed by atoms with E-state index in [1.54, 1.807) is 0 Å². The molecule has 1 N–H and O–H groups in total. The number of aryl methyl sites for hydroxylation is 1. The number of anilines is 2. The van der Waals surface area contributed by atoms with E-state index in [2.05, 4.69) is 39.3 Å². The number of benzene rings is 3. The maximum absolute atomic E-state index is 5.79. The first kappa shape index (κ1) is 18.4. The molecule has 6 heteroatoms. The van der Waals surface area contributed by atoms with Gasteiger partial charge in [-0.1, -0.05) is 55.5 Å². The zero-order valence-corrected chi connectivity index (χ0v) is 15.9. The van der Waals surface area contributed by atoms with Gasteiger partial charge in [0.25, 0.3) is 0 Å². The van der Waals surface area contributed by atoms with Gasteiger partial charge in [0, 0.05) is 5.69 Å². The predicted octanol–water partition coefficient (Wildman–Crippen LogP) is 5.76. The largest absolute Gasteiger partial charge is 0.424 e. The Morgan fingerprint density at radius 2 is 1.17 bits per heavy atom. The zero-order valence-electron chi connectivity index (χ0n) is 15.9. The van der Waals surface area contributed by atoms with Crippen molar-refractivity contribution in [3.8, 4) is 23.5 Å². The molecule has 144 valence electrons.